The van der Waals surface area contributed by atoms with E-state index >= 15 is 0 Å². The van der Waals surface area contributed by atoms with Gasteiger partial charge in [0.15, 0.2) is 0 Å². The van der Waals surface area contributed by atoms with Crippen molar-refractivity contribution < 1.29 is 58.3 Å². The molecule has 0 aromatic rings. The average Bonchev–Trinajstić information content (AvgIpc) is 3.12. The number of allylic oxidation sites excluding steroid dienone is 8. The Bertz CT molecular complexity index is 651. The molecule has 0 unspecified atom stereocenters. The van der Waals surface area contributed by atoms with E-state index in [9.17, 15) is 10.2 Å². The molecule has 0 saturated carbocycles. The van der Waals surface area contributed by atoms with Gasteiger partial charge in [0, 0.05) is 0 Å². The maximum Gasteiger partial charge on any atom is -1.00 e. The predicted octanol–water partition coefficient (Wildman–Crippen LogP) is -1.63. The van der Waals surface area contributed by atoms with Gasteiger partial charge in [-0.25, -0.2) is 0 Å². The van der Waals surface area contributed by atoms with Gasteiger partial charge < -0.3 is 24.8 Å². The number of rotatable bonds is 6. The quantitative estimate of drug-likeness (QED) is 0.412. The van der Waals surface area contributed by atoms with E-state index < -0.39 is 39.4 Å². The molecule has 0 radical (unpaired) electrons. The molecular formula is C20H32Cl2O2Si2Zr. The molecule has 0 aromatic carbocycles. The predicted molar refractivity (Wildman–Crippen MR) is 107 cm³/mol. The molecule has 2 aliphatic carbocycles. The zero-order valence-electron chi connectivity index (χ0n) is 17.1. The fourth-order valence-corrected chi connectivity index (χ4v) is 19.6. The van der Waals surface area contributed by atoms with Crippen LogP contribution in [0.5, 0.6) is 0 Å². The Morgan fingerprint density at radius 3 is 1.56 bits per heavy atom. The molecular weight excluding hydrogens is 491 g/mol. The van der Waals surface area contributed by atoms with Gasteiger partial charge in [0.2, 0.25) is 0 Å². The summed E-state index contributed by atoms with van der Waals surface area (Å²) in [5.41, 5.74) is 3.22. The third kappa shape index (κ3) is 4.76. The number of hydrogen-bond donors (Lipinski definition) is 2. The summed E-state index contributed by atoms with van der Waals surface area (Å²) in [7, 11) is -3.10. The van der Waals surface area contributed by atoms with Crippen molar-refractivity contribution >= 4 is 16.1 Å². The van der Waals surface area contributed by atoms with Gasteiger partial charge in [-0.1, -0.05) is 0 Å². The van der Waals surface area contributed by atoms with Crippen molar-refractivity contribution in [2.75, 3.05) is 13.2 Å². The average molecular weight is 523 g/mol. The third-order valence-corrected chi connectivity index (χ3v) is 18.1. The second-order valence-electron chi connectivity index (χ2n) is 9.00. The van der Waals surface area contributed by atoms with Crippen LogP contribution in [0.15, 0.2) is 40.3 Å². The van der Waals surface area contributed by atoms with Gasteiger partial charge in [0.1, 0.15) is 0 Å². The van der Waals surface area contributed by atoms with Crippen LogP contribution in [0.1, 0.15) is 19.8 Å². The van der Waals surface area contributed by atoms with Crippen LogP contribution in [0.4, 0.5) is 0 Å². The van der Waals surface area contributed by atoms with Crippen LogP contribution in [0.25, 0.3) is 0 Å². The molecule has 0 aromatic heterocycles. The minimum Gasteiger partial charge on any atom is -1.00 e. The van der Waals surface area contributed by atoms with Crippen LogP contribution >= 0.6 is 0 Å². The van der Waals surface area contributed by atoms with Crippen LogP contribution in [-0.2, 0) is 23.2 Å². The number of aliphatic hydroxyl groups excluding tert-OH is 2. The minimum atomic E-state index is -1.55. The van der Waals surface area contributed by atoms with Crippen LogP contribution in [0, 0.1) is 5.92 Å². The standard InChI is InChI=1S/C20H32O2Si2.2ClH.Zr/c1-16(17-8-6-10-19(17)23(2,3)14-12-21)18-9-7-11-20(18)24(4,5)15-13-22;;;/h8-9,16,21-22H,6-7,12-15H2,1-5H3;2*1H;/q;;;+2/p-2. The maximum atomic E-state index is 9.61. The van der Waals surface area contributed by atoms with Gasteiger partial charge in [-0.15, -0.1) is 0 Å². The second kappa shape index (κ2) is 9.72. The van der Waals surface area contributed by atoms with Gasteiger partial charge in [0.25, 0.3) is 0 Å². The molecule has 0 spiro atoms. The first-order chi connectivity index (χ1) is 11.7. The maximum absolute atomic E-state index is 9.61. The molecule has 1 aliphatic heterocycles. The van der Waals surface area contributed by atoms with E-state index in [2.05, 4.69) is 45.3 Å². The zero-order chi connectivity index (χ0) is 18.4. The minimum absolute atomic E-state index is 0. The Labute approximate surface area is 190 Å². The van der Waals surface area contributed by atoms with Crippen molar-refractivity contribution in [2.45, 2.75) is 58.0 Å². The first-order valence-corrected chi connectivity index (χ1v) is 18.5. The largest absolute Gasteiger partial charge is 1.00 e. The van der Waals surface area contributed by atoms with Gasteiger partial charge in [0.05, 0.1) is 0 Å². The molecule has 2 nitrogen and oxygen atoms in total. The molecule has 3 aliphatic rings. The number of fused-ring (bicyclic) bond motifs is 2. The van der Waals surface area contributed by atoms with E-state index in [1.165, 1.54) is 12.8 Å². The molecule has 0 amide bonds. The molecule has 7 heteroatoms. The molecule has 4 bridgehead atoms. The van der Waals surface area contributed by atoms with Crippen molar-refractivity contribution in [2.24, 2.45) is 5.92 Å². The summed E-state index contributed by atoms with van der Waals surface area (Å²) in [4.78, 5) is 0. The molecule has 0 atom stereocenters. The Balaban J connectivity index is 0.00000182. The van der Waals surface area contributed by atoms with Crippen molar-refractivity contribution in [1.82, 2.24) is 0 Å². The summed E-state index contributed by atoms with van der Waals surface area (Å²) >= 11 is -0.726. The van der Waals surface area contributed by atoms with Crippen LogP contribution < -0.4 is 24.8 Å². The summed E-state index contributed by atoms with van der Waals surface area (Å²) in [6, 6.07) is 1.98. The number of hydrogen-bond acceptors (Lipinski definition) is 2. The molecule has 0 saturated heterocycles. The zero-order valence-corrected chi connectivity index (χ0v) is 23.1. The van der Waals surface area contributed by atoms with E-state index in [1.807, 2.05) is 6.56 Å². The van der Waals surface area contributed by atoms with Gasteiger partial charge in [-0.2, -0.15) is 0 Å². The SMILES string of the molecule is CC1C2=CC[C](=C2[Si](C)(C)CCO)[Zr+2][C]2=C([Si](C)(C)CCO)C1=CC2.[Cl-].[Cl-]. The number of halogens is 2. The van der Waals surface area contributed by atoms with Crippen molar-refractivity contribution in [1.29, 1.82) is 0 Å². The van der Waals surface area contributed by atoms with Crippen LogP contribution in [0.3, 0.4) is 0 Å². The van der Waals surface area contributed by atoms with E-state index in [0.717, 1.165) is 12.1 Å². The Hall–Kier alpha value is 0.777. The summed E-state index contributed by atoms with van der Waals surface area (Å²) in [5.74, 6) is 0.496. The van der Waals surface area contributed by atoms with Crippen LogP contribution in [-0.4, -0.2) is 39.6 Å². The Morgan fingerprint density at radius 1 is 0.852 bits per heavy atom. The normalized spacial score (nSPS) is 19.4. The summed E-state index contributed by atoms with van der Waals surface area (Å²) in [6.45, 7) is 12.9. The van der Waals surface area contributed by atoms with E-state index in [-0.39, 0.29) is 24.8 Å². The number of aliphatic hydroxyl groups is 2. The molecule has 3 rings (SSSR count). The van der Waals surface area contributed by atoms with Crippen molar-refractivity contribution in [3.63, 3.8) is 0 Å². The third-order valence-electron chi connectivity index (χ3n) is 6.30. The van der Waals surface area contributed by atoms with E-state index in [0.29, 0.717) is 19.1 Å². The smallest absolute Gasteiger partial charge is 1.00 e. The first-order valence-electron chi connectivity index (χ1n) is 9.60. The monoisotopic (exact) mass is 520 g/mol. The first kappa shape index (κ1) is 25.8. The van der Waals surface area contributed by atoms with Crippen molar-refractivity contribution in [3.05, 3.63) is 40.3 Å². The van der Waals surface area contributed by atoms with Gasteiger partial charge in [-0.05, 0) is 0 Å². The van der Waals surface area contributed by atoms with E-state index in [1.54, 1.807) is 21.5 Å². The van der Waals surface area contributed by atoms with Crippen LogP contribution in [0.2, 0.25) is 38.3 Å². The van der Waals surface area contributed by atoms with Gasteiger partial charge in [-0.3, -0.25) is 0 Å². The molecule has 2 N–H and O–H groups in total. The Kier molecular flexibility index (Phi) is 9.30. The molecule has 27 heavy (non-hydrogen) atoms. The second-order valence-corrected chi connectivity index (χ2v) is 22.1. The topological polar surface area (TPSA) is 40.5 Å². The van der Waals surface area contributed by atoms with E-state index in [4.69, 9.17) is 0 Å². The fourth-order valence-electron chi connectivity index (χ4n) is 4.95. The summed E-state index contributed by atoms with van der Waals surface area (Å²) < 4.78 is 3.62. The molecule has 1 heterocycles. The fraction of sp³-hybridized carbons (Fsp3) is 0.600. The van der Waals surface area contributed by atoms with Crippen molar-refractivity contribution in [3.8, 4) is 0 Å². The molecule has 150 valence electrons. The summed E-state index contributed by atoms with van der Waals surface area (Å²) in [5, 5.41) is 22.7. The molecule has 0 fully saturated rings. The Morgan fingerprint density at radius 2 is 1.22 bits per heavy atom. The van der Waals surface area contributed by atoms with Gasteiger partial charge >= 0.3 is 167 Å². The summed E-state index contributed by atoms with van der Waals surface area (Å²) in [6.07, 6.45) is 7.44.